The van der Waals surface area contributed by atoms with Crippen molar-refractivity contribution in [2.45, 2.75) is 45.7 Å². The Balaban J connectivity index is -0.000000128. The van der Waals surface area contributed by atoms with Gasteiger partial charge >= 0.3 is 0 Å². The molecular formula is C47H59N13O2. The fraction of sp³-hybridized carbons (Fsp3) is 0.298. The van der Waals surface area contributed by atoms with Gasteiger partial charge in [-0.2, -0.15) is 5.53 Å². The second-order valence-electron chi connectivity index (χ2n) is 12.7. The summed E-state index contributed by atoms with van der Waals surface area (Å²) < 4.78 is 5.49. The van der Waals surface area contributed by atoms with Crippen LogP contribution in [0.1, 0.15) is 71.1 Å². The number of aryl methyl sites for hydroxylation is 1. The number of aliphatic imine (C=N–C) groups is 1. The molecule has 0 bridgehead atoms. The molecule has 2 fully saturated rings. The lowest BCUT2D eigenvalue weighted by Crippen LogP contribution is -2.45. The minimum atomic E-state index is 0. The highest BCUT2D eigenvalue weighted by molar-refractivity contribution is 6.00. The van der Waals surface area contributed by atoms with Crippen molar-refractivity contribution in [3.05, 3.63) is 57.4 Å². The van der Waals surface area contributed by atoms with Crippen molar-refractivity contribution < 1.29 is 21.9 Å². The topological polar surface area (TPSA) is 195 Å². The summed E-state index contributed by atoms with van der Waals surface area (Å²) in [6.45, 7) is 9.61. The zero-order valence-electron chi connectivity index (χ0n) is 33.8. The molecule has 62 heavy (non-hydrogen) atoms. The first-order valence-electron chi connectivity index (χ1n) is 18.7. The van der Waals surface area contributed by atoms with Gasteiger partial charge in [-0.15, -0.1) is 11.3 Å². The van der Waals surface area contributed by atoms with Gasteiger partial charge in [-0.05, 0) is 160 Å². The van der Waals surface area contributed by atoms with Gasteiger partial charge in [0.2, 0.25) is 0 Å². The molecule has 1 atom stereocenters. The first-order chi connectivity index (χ1) is 30.5. The number of benzene rings is 1. The number of nitrogens with two attached hydrogens (primary N) is 1. The van der Waals surface area contributed by atoms with E-state index >= 15 is 0 Å². The van der Waals surface area contributed by atoms with Gasteiger partial charge in [0.25, 0.3) is 0 Å². The van der Waals surface area contributed by atoms with Gasteiger partial charge in [-0.25, -0.2) is 9.97 Å². The number of piperidine rings is 1. The average Bonchev–Trinajstić information content (AvgIpc) is 3.83. The third kappa shape index (κ3) is 14.2. The van der Waals surface area contributed by atoms with Gasteiger partial charge in [-0.3, -0.25) is 4.99 Å². The Morgan fingerprint density at radius 3 is 1.85 bits per heavy atom. The third-order valence-corrected chi connectivity index (χ3v) is 9.19. The fourth-order valence-electron chi connectivity index (χ4n) is 6.55. The molecule has 15 heteroatoms. The second-order valence-corrected chi connectivity index (χ2v) is 12.7. The van der Waals surface area contributed by atoms with E-state index in [1.165, 1.54) is 11.1 Å². The van der Waals surface area contributed by atoms with Crippen LogP contribution < -0.4 is 10.6 Å². The summed E-state index contributed by atoms with van der Waals surface area (Å²) >= 11 is 0. The molecule has 0 radical (unpaired) electrons. The largest absolute Gasteiger partial charge is 0.378 e. The lowest BCUT2D eigenvalue weighted by molar-refractivity contribution is 0.0682. The van der Waals surface area contributed by atoms with E-state index in [4.69, 9.17) is 42.3 Å². The molecule has 3 aliphatic heterocycles. The van der Waals surface area contributed by atoms with E-state index < -0.39 is 0 Å². The van der Waals surface area contributed by atoms with Gasteiger partial charge in [0.1, 0.15) is 16.8 Å². The van der Waals surface area contributed by atoms with Crippen LogP contribution >= 0.6 is 0 Å². The predicted octanol–water partition coefficient (Wildman–Crippen LogP) is 7.28. The molecule has 15 nitrogen and oxygen atoms in total. The SMILES string of the molecule is C#CC#CC#CC#CC#CC#CC#CC#CC#CC#CC#CC.Cc1nc2c(nc1N1CCC3(CC1)Cc1ccccc1[C@H]3N)CN=C2N1CCOCC1.N=N/N=N/N=N/N=O.[HH].[HH].[HH].[HH].[HH].[HH].[HH].[HH].[HH].[HH].[HH].[HH]. The number of fused-ring (bicyclic) bond motifs is 2. The number of hydrogen-bond donors (Lipinski definition) is 2. The van der Waals surface area contributed by atoms with Crippen LogP contribution in [0.3, 0.4) is 0 Å². The Kier molecular flexibility index (Phi) is 19.3. The molecule has 1 aliphatic carbocycles. The number of terminal acetylenes is 1. The number of nitroso groups, excluding NO2 is 1. The summed E-state index contributed by atoms with van der Waals surface area (Å²) in [7, 11) is 0. The Morgan fingerprint density at radius 2 is 1.32 bits per heavy atom. The minimum absolute atomic E-state index is 0. The van der Waals surface area contributed by atoms with E-state index in [0.717, 1.165) is 87.4 Å². The number of rotatable bonds is 4. The molecule has 4 heterocycles. The van der Waals surface area contributed by atoms with Crippen LogP contribution in [0.2, 0.25) is 0 Å². The van der Waals surface area contributed by atoms with Crippen LogP contribution in [-0.2, 0) is 17.7 Å². The molecule has 1 aromatic carbocycles. The Hall–Kier alpha value is -8.95. The number of aromatic nitrogens is 2. The summed E-state index contributed by atoms with van der Waals surface area (Å²) in [5.74, 6) is 53.9. The molecule has 0 amide bonds. The highest BCUT2D eigenvalue weighted by atomic mass is 16.5. The maximum Gasteiger partial charge on any atom is 0.152 e. The van der Waals surface area contributed by atoms with Gasteiger partial charge in [-0.1, -0.05) is 30.2 Å². The van der Waals surface area contributed by atoms with Crippen molar-refractivity contribution in [1.82, 2.24) is 14.9 Å². The lowest BCUT2D eigenvalue weighted by atomic mass is 9.73. The molecule has 6 rings (SSSR count). The van der Waals surface area contributed by atoms with E-state index in [1.807, 2.05) is 5.29 Å². The standard InChI is InChI=1S/C24H30N6O.C23H4.HN7O.12H2/c1-16-22(28-19-15-26-23(20(19)27-16)30-10-12-31-13-11-30)29-8-6-24(7-9-29)14-17-4-2-3-5-18(17)21(24)25;1-3-5-7-9-11-13-15-17-19-21-23-22-20-18-16-14-12-10-8-6-4-2;1-2-3-4-5-6-7-8;;;;;;;;;;;;/h2-5,21H,6-15,25H2,1H3;1H,2H3;1H;12*1H/b;;2-1?,4-3+,6-5+;;;;;;;;;;;;/t21-;;;;;;;;;;;;;;/m1............../s1. The van der Waals surface area contributed by atoms with Crippen LogP contribution in [0.25, 0.3) is 0 Å². The van der Waals surface area contributed by atoms with Crippen molar-refractivity contribution in [2.75, 3.05) is 44.3 Å². The fourth-order valence-corrected chi connectivity index (χ4v) is 6.55. The van der Waals surface area contributed by atoms with Gasteiger partial charge < -0.3 is 20.3 Å². The summed E-state index contributed by atoms with van der Waals surface area (Å²) in [6.07, 6.45) is 8.19. The smallest absolute Gasteiger partial charge is 0.152 e. The van der Waals surface area contributed by atoms with E-state index in [9.17, 15) is 0 Å². The first-order valence-corrected chi connectivity index (χ1v) is 18.7. The molecular weight excluding hydrogens is 779 g/mol. The molecule has 324 valence electrons. The molecule has 2 saturated heterocycles. The quantitative estimate of drug-likeness (QED) is 0.140. The Labute approximate surface area is 379 Å². The highest BCUT2D eigenvalue weighted by Crippen LogP contribution is 2.51. The predicted molar refractivity (Wildman–Crippen MR) is 259 cm³/mol. The van der Waals surface area contributed by atoms with Gasteiger partial charge in [0.15, 0.2) is 5.84 Å². The number of morpholine rings is 1. The van der Waals surface area contributed by atoms with Crippen LogP contribution in [-0.4, -0.2) is 60.1 Å². The zero-order valence-corrected chi connectivity index (χ0v) is 33.8. The van der Waals surface area contributed by atoms with Crippen LogP contribution in [0, 0.1) is 154 Å². The van der Waals surface area contributed by atoms with Crippen molar-refractivity contribution in [3.8, 4) is 131 Å². The molecule has 1 spiro atoms. The van der Waals surface area contributed by atoms with Crippen LogP contribution in [0.4, 0.5) is 5.82 Å². The van der Waals surface area contributed by atoms with E-state index in [0.29, 0.717) is 6.54 Å². The normalized spacial score (nSPS) is 14.9. The van der Waals surface area contributed by atoms with Crippen LogP contribution in [0.5, 0.6) is 0 Å². The van der Waals surface area contributed by atoms with Crippen molar-refractivity contribution in [2.24, 2.45) is 47.5 Å². The van der Waals surface area contributed by atoms with Gasteiger partial charge in [0.05, 0.1) is 31.1 Å². The van der Waals surface area contributed by atoms with Crippen molar-refractivity contribution >= 4 is 11.7 Å². The first kappa shape index (κ1) is 45.7. The molecule has 2 aromatic rings. The maximum absolute atomic E-state index is 9.08. The number of ether oxygens (including phenoxy) is 1. The molecule has 4 aliphatic rings. The number of hydrogen-bond acceptors (Lipinski definition) is 9. The van der Waals surface area contributed by atoms with E-state index in [2.05, 4.69) is 191 Å². The lowest BCUT2D eigenvalue weighted by Gasteiger charge is -2.43. The van der Waals surface area contributed by atoms with E-state index in [1.54, 1.807) is 6.92 Å². The second kappa shape index (κ2) is 26.1. The van der Waals surface area contributed by atoms with Gasteiger partial charge in [0, 0.05) is 83.5 Å². The Morgan fingerprint density at radius 1 is 0.774 bits per heavy atom. The van der Waals surface area contributed by atoms with Crippen molar-refractivity contribution in [1.29, 1.82) is 5.53 Å². The minimum Gasteiger partial charge on any atom is -0.378 e. The van der Waals surface area contributed by atoms with Crippen molar-refractivity contribution in [3.63, 3.8) is 0 Å². The third-order valence-electron chi connectivity index (χ3n) is 9.19. The maximum atomic E-state index is 9.08. The summed E-state index contributed by atoms with van der Waals surface area (Å²) in [6, 6.07) is 8.85. The molecule has 0 saturated carbocycles. The molecule has 0 unspecified atom stereocenters. The Bertz CT molecular complexity index is 2840. The number of anilines is 1. The average molecular weight is 838 g/mol. The van der Waals surface area contributed by atoms with Crippen LogP contribution in [0.15, 0.2) is 60.7 Å². The number of nitrogens with one attached hydrogen (secondary N) is 1. The number of amidine groups is 1. The zero-order chi connectivity index (χ0) is 44.1. The summed E-state index contributed by atoms with van der Waals surface area (Å²) in [5, 5.41) is 14.9. The van der Waals surface area contributed by atoms with E-state index in [-0.39, 0.29) is 28.6 Å². The summed E-state index contributed by atoms with van der Waals surface area (Å²) in [4.78, 5) is 28.6. The number of nitrogens with zero attached hydrogens (tertiary/aromatic N) is 11. The summed E-state index contributed by atoms with van der Waals surface area (Å²) in [5.41, 5.74) is 18.7. The highest BCUT2D eigenvalue weighted by Gasteiger charge is 2.46. The monoisotopic (exact) mass is 837 g/mol. The molecule has 1 aromatic heterocycles. The molecule has 3 N–H and O–H groups in total.